The van der Waals surface area contributed by atoms with E-state index in [1.54, 1.807) is 0 Å². The standard InChI is InChI=1S/C20H26N2O3.C11H20BrNO2.C10H8O/c1-20(2,3)25-19(24)21-9-6-15(7-10-21)13-22-11-8-17-12-16(14-23)4-5-18(17)22;1-11(2,3)15-10(14)13-6-4-9(8-12)5-7-13;11-7-8-4-5-9-2-1-3-10(9)6-8/h4-5,8,11-12,14-15H,6-7,9-10,13H2,1-3H3;9H,4-8H2,1-3H3;1,3-7H,2H2. The Bertz CT molecular complexity index is 1670. The maximum Gasteiger partial charge on any atom is 0.410 e. The van der Waals surface area contributed by atoms with Crippen LogP contribution in [-0.4, -0.2) is 81.8 Å². The summed E-state index contributed by atoms with van der Waals surface area (Å²) >= 11 is 3.48. The van der Waals surface area contributed by atoms with Crippen LogP contribution in [0.15, 0.2) is 54.7 Å². The number of ether oxygens (including phenoxy) is 2. The molecular weight excluding hydrogens is 710 g/mol. The maximum absolute atomic E-state index is 12.1. The smallest absolute Gasteiger partial charge is 0.410 e. The quantitative estimate of drug-likeness (QED) is 0.190. The first-order chi connectivity index (χ1) is 24.2. The number of alkyl halides is 1. The molecule has 3 aromatic rings. The normalized spacial score (nSPS) is 16.4. The van der Waals surface area contributed by atoms with Crippen molar-refractivity contribution in [1.29, 1.82) is 0 Å². The van der Waals surface area contributed by atoms with E-state index in [0.29, 0.717) is 17.4 Å². The number of amides is 2. The van der Waals surface area contributed by atoms with Crippen LogP contribution in [0.2, 0.25) is 0 Å². The fourth-order valence-electron chi connectivity index (χ4n) is 6.29. The van der Waals surface area contributed by atoms with Gasteiger partial charge < -0.3 is 23.8 Å². The number of carbonyl (C=O) groups excluding carboxylic acids is 4. The van der Waals surface area contributed by atoms with Gasteiger partial charge in [0.2, 0.25) is 0 Å². The average Bonchev–Trinajstić information content (AvgIpc) is 3.74. The molecule has 1 aliphatic carbocycles. The number of hydrogen-bond donors (Lipinski definition) is 0. The molecule has 2 aromatic carbocycles. The number of aromatic nitrogens is 1. The van der Waals surface area contributed by atoms with E-state index in [2.05, 4.69) is 44.9 Å². The molecule has 0 bridgehead atoms. The molecule has 276 valence electrons. The van der Waals surface area contributed by atoms with Crippen molar-refractivity contribution in [1.82, 2.24) is 14.4 Å². The largest absolute Gasteiger partial charge is 0.444 e. The number of fused-ring (bicyclic) bond motifs is 2. The van der Waals surface area contributed by atoms with Crippen molar-refractivity contribution in [3.63, 3.8) is 0 Å². The second kappa shape index (κ2) is 18.0. The summed E-state index contributed by atoms with van der Waals surface area (Å²) in [6.45, 7) is 15.5. The summed E-state index contributed by atoms with van der Waals surface area (Å²) in [7, 11) is 0. The number of carbonyl (C=O) groups is 4. The van der Waals surface area contributed by atoms with E-state index in [4.69, 9.17) is 9.47 Å². The van der Waals surface area contributed by atoms with Gasteiger partial charge in [0.1, 0.15) is 23.8 Å². The van der Waals surface area contributed by atoms with Crippen molar-refractivity contribution < 1.29 is 28.7 Å². The number of allylic oxidation sites excluding steroid dienone is 1. The van der Waals surface area contributed by atoms with Gasteiger partial charge in [-0.25, -0.2) is 9.59 Å². The van der Waals surface area contributed by atoms with Crippen molar-refractivity contribution in [2.75, 3.05) is 31.5 Å². The highest BCUT2D eigenvalue weighted by Crippen LogP contribution is 2.25. The Labute approximate surface area is 311 Å². The van der Waals surface area contributed by atoms with E-state index in [1.807, 2.05) is 87.7 Å². The number of benzene rings is 2. The lowest BCUT2D eigenvalue weighted by Gasteiger charge is -2.33. The lowest BCUT2D eigenvalue weighted by atomic mass is 9.97. The summed E-state index contributed by atoms with van der Waals surface area (Å²) in [6, 6.07) is 13.6. The topological polar surface area (TPSA) is 98.1 Å². The van der Waals surface area contributed by atoms with Crippen molar-refractivity contribution in [3.8, 4) is 0 Å². The van der Waals surface area contributed by atoms with Gasteiger partial charge in [0.25, 0.3) is 0 Å². The van der Waals surface area contributed by atoms with E-state index in [9.17, 15) is 19.2 Å². The zero-order chi connectivity index (χ0) is 37.2. The number of nitrogens with zero attached hydrogens (tertiary/aromatic N) is 3. The van der Waals surface area contributed by atoms with E-state index < -0.39 is 5.60 Å². The van der Waals surface area contributed by atoms with Crippen LogP contribution >= 0.6 is 15.9 Å². The monoisotopic (exact) mass is 763 g/mol. The second-order valence-electron chi connectivity index (χ2n) is 15.6. The number of likely N-dealkylation sites (tertiary alicyclic amines) is 2. The molecule has 1 aromatic heterocycles. The van der Waals surface area contributed by atoms with Crippen LogP contribution in [0.1, 0.15) is 99.1 Å². The van der Waals surface area contributed by atoms with Gasteiger partial charge in [-0.15, -0.1) is 0 Å². The van der Waals surface area contributed by atoms with E-state index in [0.717, 1.165) is 99.2 Å². The molecule has 6 rings (SSSR count). The molecule has 0 unspecified atom stereocenters. The fraction of sp³-hybridized carbons (Fsp3) is 0.512. The molecule has 0 spiro atoms. The van der Waals surface area contributed by atoms with Crippen molar-refractivity contribution in [2.45, 2.75) is 91.4 Å². The number of hydrogen-bond acceptors (Lipinski definition) is 6. The van der Waals surface area contributed by atoms with Crippen LogP contribution in [0.5, 0.6) is 0 Å². The highest BCUT2D eigenvalue weighted by Gasteiger charge is 2.28. The molecular formula is C41H54BrN3O6. The highest BCUT2D eigenvalue weighted by molar-refractivity contribution is 9.09. The minimum atomic E-state index is -0.446. The Morgan fingerprint density at radius 1 is 0.765 bits per heavy atom. The molecule has 0 N–H and O–H groups in total. The Morgan fingerprint density at radius 2 is 1.29 bits per heavy atom. The predicted molar refractivity (Wildman–Crippen MR) is 207 cm³/mol. The minimum absolute atomic E-state index is 0.171. The molecule has 10 heteroatoms. The third kappa shape index (κ3) is 12.4. The van der Waals surface area contributed by atoms with E-state index in [-0.39, 0.29) is 17.8 Å². The van der Waals surface area contributed by atoms with E-state index >= 15 is 0 Å². The van der Waals surface area contributed by atoms with Gasteiger partial charge in [-0.3, -0.25) is 9.59 Å². The Hall–Kier alpha value is -3.92. The van der Waals surface area contributed by atoms with Gasteiger partial charge in [0.15, 0.2) is 0 Å². The van der Waals surface area contributed by atoms with E-state index in [1.165, 1.54) is 11.1 Å². The minimum Gasteiger partial charge on any atom is -0.444 e. The van der Waals surface area contributed by atoms with Gasteiger partial charge in [0.05, 0.1) is 0 Å². The predicted octanol–water partition coefficient (Wildman–Crippen LogP) is 9.20. The van der Waals surface area contributed by atoms with Crippen LogP contribution in [0.3, 0.4) is 0 Å². The second-order valence-corrected chi connectivity index (χ2v) is 16.2. The molecule has 2 aliphatic heterocycles. The fourth-order valence-corrected chi connectivity index (χ4v) is 6.94. The van der Waals surface area contributed by atoms with Crippen molar-refractivity contribution in [3.05, 3.63) is 77.0 Å². The van der Waals surface area contributed by atoms with Gasteiger partial charge in [-0.2, -0.15) is 0 Å². The zero-order valence-electron chi connectivity index (χ0n) is 31.0. The van der Waals surface area contributed by atoms with Gasteiger partial charge in [-0.05, 0) is 127 Å². The molecule has 2 fully saturated rings. The molecule has 2 saturated heterocycles. The first-order valence-electron chi connectivity index (χ1n) is 18.0. The van der Waals surface area contributed by atoms with Crippen LogP contribution in [0.4, 0.5) is 9.59 Å². The summed E-state index contributed by atoms with van der Waals surface area (Å²) in [6.07, 6.45) is 12.7. The molecule has 51 heavy (non-hydrogen) atoms. The highest BCUT2D eigenvalue weighted by atomic mass is 79.9. The van der Waals surface area contributed by atoms with Crippen molar-refractivity contribution in [2.24, 2.45) is 11.8 Å². The van der Waals surface area contributed by atoms with Gasteiger partial charge in [-0.1, -0.05) is 40.2 Å². The Kier molecular flexibility index (Phi) is 14.1. The number of aldehydes is 2. The first kappa shape index (κ1) is 39.9. The van der Waals surface area contributed by atoms with Crippen LogP contribution in [-0.2, 0) is 22.4 Å². The molecule has 9 nitrogen and oxygen atoms in total. The molecule has 2 amide bonds. The summed E-state index contributed by atoms with van der Waals surface area (Å²) in [5.41, 5.74) is 4.29. The Morgan fingerprint density at radius 3 is 1.82 bits per heavy atom. The molecule has 3 heterocycles. The van der Waals surface area contributed by atoms with Gasteiger partial charge >= 0.3 is 12.2 Å². The van der Waals surface area contributed by atoms with Crippen LogP contribution in [0, 0.1) is 11.8 Å². The third-order valence-corrected chi connectivity index (χ3v) is 9.99. The zero-order valence-corrected chi connectivity index (χ0v) is 32.6. The summed E-state index contributed by atoms with van der Waals surface area (Å²) in [5.74, 6) is 1.25. The van der Waals surface area contributed by atoms with Gasteiger partial charge in [0, 0.05) is 66.3 Å². The molecule has 0 atom stereocenters. The van der Waals surface area contributed by atoms with Crippen LogP contribution < -0.4 is 0 Å². The maximum atomic E-state index is 12.1. The summed E-state index contributed by atoms with van der Waals surface area (Å²) in [5, 5.41) is 2.13. The molecule has 0 saturated carbocycles. The number of rotatable bonds is 5. The SMILES string of the molecule is CC(C)(C)OC(=O)N1CCC(CBr)CC1.CC(C)(C)OC(=O)N1CCC(Cn2ccc3cc(C=O)ccc32)CC1.O=Cc1ccc2c(c1)C=CC2. The number of piperidine rings is 2. The third-order valence-electron chi connectivity index (χ3n) is 9.08. The summed E-state index contributed by atoms with van der Waals surface area (Å²) in [4.78, 5) is 48.7. The first-order valence-corrected chi connectivity index (χ1v) is 19.1. The molecule has 0 radical (unpaired) electrons. The summed E-state index contributed by atoms with van der Waals surface area (Å²) < 4.78 is 13.0. The average molecular weight is 765 g/mol. The van der Waals surface area contributed by atoms with Crippen molar-refractivity contribution >= 4 is 57.7 Å². The molecule has 3 aliphatic rings. The lowest BCUT2D eigenvalue weighted by Crippen LogP contribution is -2.42. The van der Waals surface area contributed by atoms with Crippen LogP contribution in [0.25, 0.3) is 17.0 Å². The number of halogens is 1. The lowest BCUT2D eigenvalue weighted by molar-refractivity contribution is 0.0173. The Balaban J connectivity index is 0.000000190.